The number of thiophene rings is 1. The van der Waals surface area contributed by atoms with Crippen molar-refractivity contribution in [1.82, 2.24) is 15.6 Å². The van der Waals surface area contributed by atoms with Crippen molar-refractivity contribution in [3.05, 3.63) is 62.8 Å². The summed E-state index contributed by atoms with van der Waals surface area (Å²) in [6.45, 7) is 5.71. The Morgan fingerprint density at radius 2 is 1.73 bits per heavy atom. The van der Waals surface area contributed by atoms with E-state index in [1.807, 2.05) is 18.2 Å². The minimum absolute atomic E-state index is 0. The van der Waals surface area contributed by atoms with Gasteiger partial charge in [-0.05, 0) is 30.9 Å². The van der Waals surface area contributed by atoms with Crippen LogP contribution in [0.1, 0.15) is 21.0 Å². The molecule has 0 bridgehead atoms. The third-order valence-electron chi connectivity index (χ3n) is 3.94. The van der Waals surface area contributed by atoms with Gasteiger partial charge in [-0.25, -0.2) is 4.98 Å². The van der Waals surface area contributed by atoms with E-state index in [2.05, 4.69) is 53.1 Å². The van der Waals surface area contributed by atoms with Crippen molar-refractivity contribution in [2.45, 2.75) is 26.9 Å². The van der Waals surface area contributed by atoms with E-state index in [0.29, 0.717) is 0 Å². The number of thiazole rings is 1. The molecule has 3 rings (SSSR count). The number of aliphatic imine (C=N–C) groups is 1. The van der Waals surface area contributed by atoms with Crippen molar-refractivity contribution in [2.24, 2.45) is 4.99 Å². The van der Waals surface area contributed by atoms with Gasteiger partial charge in [-0.3, -0.25) is 4.99 Å². The second-order valence-corrected chi connectivity index (χ2v) is 7.78. The van der Waals surface area contributed by atoms with E-state index in [-0.39, 0.29) is 24.0 Å². The van der Waals surface area contributed by atoms with Crippen LogP contribution in [0.2, 0.25) is 0 Å². The minimum Gasteiger partial charge on any atom is -0.352 e. The Bertz CT molecular complexity index is 856. The second-order valence-electron chi connectivity index (χ2n) is 5.70. The highest BCUT2D eigenvalue weighted by atomic mass is 127. The van der Waals surface area contributed by atoms with E-state index in [1.165, 1.54) is 15.3 Å². The number of hydrogen-bond donors (Lipinski definition) is 2. The van der Waals surface area contributed by atoms with Crippen LogP contribution in [0.5, 0.6) is 0 Å². The molecular formula is C19H23IN4S2. The van der Waals surface area contributed by atoms with Crippen molar-refractivity contribution in [3.8, 4) is 10.6 Å². The van der Waals surface area contributed by atoms with Crippen molar-refractivity contribution in [2.75, 3.05) is 7.05 Å². The Balaban J connectivity index is 0.00000243. The molecule has 0 saturated carbocycles. The van der Waals surface area contributed by atoms with E-state index >= 15 is 0 Å². The zero-order chi connectivity index (χ0) is 17.6. The van der Waals surface area contributed by atoms with Gasteiger partial charge in [0.25, 0.3) is 0 Å². The molecule has 3 aromatic rings. The van der Waals surface area contributed by atoms with Crippen molar-refractivity contribution < 1.29 is 0 Å². The van der Waals surface area contributed by atoms with E-state index in [0.717, 1.165) is 35.3 Å². The number of rotatable bonds is 5. The average molecular weight is 498 g/mol. The van der Waals surface area contributed by atoms with Gasteiger partial charge in [0.15, 0.2) is 5.96 Å². The number of hydrogen-bond acceptors (Lipinski definition) is 4. The van der Waals surface area contributed by atoms with Crippen LogP contribution in [0.25, 0.3) is 10.6 Å². The maximum absolute atomic E-state index is 4.70. The molecule has 0 spiro atoms. The van der Waals surface area contributed by atoms with Gasteiger partial charge in [0.1, 0.15) is 5.01 Å². The predicted octanol–water partition coefficient (Wildman–Crippen LogP) is 4.97. The van der Waals surface area contributed by atoms with Crippen LogP contribution >= 0.6 is 46.7 Å². The maximum atomic E-state index is 4.70. The van der Waals surface area contributed by atoms with Crippen LogP contribution in [-0.2, 0) is 13.1 Å². The van der Waals surface area contributed by atoms with Crippen molar-refractivity contribution in [1.29, 1.82) is 0 Å². The molecule has 2 heterocycles. The molecule has 0 aliphatic rings. The van der Waals surface area contributed by atoms with Crippen LogP contribution < -0.4 is 10.6 Å². The van der Waals surface area contributed by atoms with E-state index in [1.54, 1.807) is 29.7 Å². The lowest BCUT2D eigenvalue weighted by atomic mass is 10.2. The zero-order valence-corrected chi connectivity index (χ0v) is 19.0. The van der Waals surface area contributed by atoms with Crippen LogP contribution in [-0.4, -0.2) is 18.0 Å². The number of aromatic nitrogens is 1. The normalized spacial score (nSPS) is 11.1. The van der Waals surface area contributed by atoms with Crippen LogP contribution in [0.15, 0.2) is 46.8 Å². The number of halogens is 1. The summed E-state index contributed by atoms with van der Waals surface area (Å²) in [5.41, 5.74) is 3.55. The molecule has 0 unspecified atom stereocenters. The summed E-state index contributed by atoms with van der Waals surface area (Å²) >= 11 is 3.50. The lowest BCUT2D eigenvalue weighted by Crippen LogP contribution is -2.36. The molecular weight excluding hydrogens is 475 g/mol. The molecule has 0 atom stereocenters. The number of benzene rings is 1. The summed E-state index contributed by atoms with van der Waals surface area (Å²) in [7, 11) is 1.80. The highest BCUT2D eigenvalue weighted by Crippen LogP contribution is 2.27. The highest BCUT2D eigenvalue weighted by Gasteiger charge is 2.10. The molecule has 138 valence electrons. The fraction of sp³-hybridized carbons (Fsp3) is 0.263. The molecule has 0 aliphatic heterocycles. The largest absolute Gasteiger partial charge is 0.352 e. The minimum atomic E-state index is 0. The molecule has 7 heteroatoms. The van der Waals surface area contributed by atoms with Crippen molar-refractivity contribution in [3.63, 3.8) is 0 Å². The maximum Gasteiger partial charge on any atom is 0.191 e. The van der Waals surface area contributed by atoms with E-state index < -0.39 is 0 Å². The number of aryl methyl sites for hydroxylation is 2. The summed E-state index contributed by atoms with van der Waals surface area (Å²) in [4.78, 5) is 11.6. The Morgan fingerprint density at radius 1 is 1.04 bits per heavy atom. The Hall–Kier alpha value is -1.45. The molecule has 2 aromatic heterocycles. The third-order valence-corrected chi connectivity index (χ3v) is 6.17. The highest BCUT2D eigenvalue weighted by molar-refractivity contribution is 14.0. The zero-order valence-electron chi connectivity index (χ0n) is 15.1. The van der Waals surface area contributed by atoms with Gasteiger partial charge in [0, 0.05) is 22.4 Å². The standard InChI is InChI=1S/C19H22N4S2.HI/c1-13-9-10-24-16(13)11-21-19(20-3)22-12-17-14(2)23-18(25-17)15-7-5-4-6-8-15;/h4-10H,11-12H2,1-3H3,(H2,20,21,22);1H. The van der Waals surface area contributed by atoms with E-state index in [4.69, 9.17) is 4.98 Å². The summed E-state index contributed by atoms with van der Waals surface area (Å²) in [5.74, 6) is 0.807. The van der Waals surface area contributed by atoms with Gasteiger partial charge in [0.2, 0.25) is 0 Å². The van der Waals surface area contributed by atoms with Gasteiger partial charge in [-0.1, -0.05) is 30.3 Å². The fourth-order valence-corrected chi connectivity index (χ4v) is 4.28. The molecule has 0 amide bonds. The number of nitrogens with one attached hydrogen (secondary N) is 2. The number of guanidine groups is 1. The van der Waals surface area contributed by atoms with Crippen LogP contribution in [0.4, 0.5) is 0 Å². The van der Waals surface area contributed by atoms with Crippen LogP contribution in [0.3, 0.4) is 0 Å². The smallest absolute Gasteiger partial charge is 0.191 e. The van der Waals surface area contributed by atoms with Crippen LogP contribution in [0, 0.1) is 13.8 Å². The van der Waals surface area contributed by atoms with Gasteiger partial charge in [-0.2, -0.15) is 0 Å². The average Bonchev–Trinajstić information content (AvgIpc) is 3.21. The first-order chi connectivity index (χ1) is 12.2. The first-order valence-electron chi connectivity index (χ1n) is 8.16. The summed E-state index contributed by atoms with van der Waals surface area (Å²) in [6, 6.07) is 12.4. The molecule has 26 heavy (non-hydrogen) atoms. The predicted molar refractivity (Wildman–Crippen MR) is 124 cm³/mol. The van der Waals surface area contributed by atoms with Gasteiger partial charge in [-0.15, -0.1) is 46.7 Å². The third kappa shape index (κ3) is 5.28. The lowest BCUT2D eigenvalue weighted by Gasteiger charge is -2.11. The van der Waals surface area contributed by atoms with Gasteiger partial charge >= 0.3 is 0 Å². The number of nitrogens with zero attached hydrogens (tertiary/aromatic N) is 2. The van der Waals surface area contributed by atoms with Gasteiger partial charge < -0.3 is 10.6 Å². The molecule has 4 nitrogen and oxygen atoms in total. The van der Waals surface area contributed by atoms with Gasteiger partial charge in [0.05, 0.1) is 18.8 Å². The molecule has 0 aliphatic carbocycles. The topological polar surface area (TPSA) is 49.3 Å². The Morgan fingerprint density at radius 3 is 2.35 bits per heavy atom. The van der Waals surface area contributed by atoms with E-state index in [9.17, 15) is 0 Å². The molecule has 0 radical (unpaired) electrons. The summed E-state index contributed by atoms with van der Waals surface area (Å²) < 4.78 is 0. The lowest BCUT2D eigenvalue weighted by molar-refractivity contribution is 0.816. The SMILES string of the molecule is CN=C(NCc1sccc1C)NCc1sc(-c2ccccc2)nc1C.I. The first kappa shape index (κ1) is 20.9. The van der Waals surface area contributed by atoms with Crippen molar-refractivity contribution >= 4 is 52.6 Å². The second kappa shape index (κ2) is 10.0. The monoisotopic (exact) mass is 498 g/mol. The molecule has 0 saturated heterocycles. The molecule has 0 fully saturated rings. The molecule has 1 aromatic carbocycles. The first-order valence-corrected chi connectivity index (χ1v) is 9.86. The molecule has 2 N–H and O–H groups in total. The quantitative estimate of drug-likeness (QED) is 0.297. The Kier molecular flexibility index (Phi) is 8.05. The summed E-state index contributed by atoms with van der Waals surface area (Å²) in [5, 5.41) is 9.94. The summed E-state index contributed by atoms with van der Waals surface area (Å²) in [6.07, 6.45) is 0. The Labute approximate surface area is 179 Å². The fourth-order valence-electron chi connectivity index (χ4n) is 2.43.